The van der Waals surface area contributed by atoms with Crippen molar-refractivity contribution in [1.82, 2.24) is 5.32 Å². The molecule has 0 unspecified atom stereocenters. The molecule has 1 fully saturated rings. The van der Waals surface area contributed by atoms with Crippen LogP contribution in [0.4, 0.5) is 0 Å². The summed E-state index contributed by atoms with van der Waals surface area (Å²) in [6, 6.07) is 5.28. The van der Waals surface area contributed by atoms with E-state index in [1.807, 2.05) is 32.0 Å². The number of hydrogen-bond acceptors (Lipinski definition) is 3. The van der Waals surface area contributed by atoms with E-state index in [0.29, 0.717) is 26.1 Å². The van der Waals surface area contributed by atoms with Gasteiger partial charge in [0.1, 0.15) is 6.04 Å². The molecule has 21 heavy (non-hydrogen) atoms. The number of nitrogens with two attached hydrogens (primary N) is 1. The van der Waals surface area contributed by atoms with Crippen LogP contribution in [0.1, 0.15) is 23.1 Å². The van der Waals surface area contributed by atoms with Gasteiger partial charge in [-0.2, -0.15) is 0 Å². The van der Waals surface area contributed by atoms with Gasteiger partial charge < -0.3 is 15.8 Å². The van der Waals surface area contributed by atoms with Gasteiger partial charge in [0.25, 0.3) is 0 Å². The first-order valence-corrected chi connectivity index (χ1v) is 7.21. The van der Waals surface area contributed by atoms with Gasteiger partial charge >= 0.3 is 0 Å². The maximum Gasteiger partial charge on any atom is 0.240 e. The summed E-state index contributed by atoms with van der Waals surface area (Å²) in [4.78, 5) is 23.8. The largest absolute Gasteiger partial charge is 0.381 e. The van der Waals surface area contributed by atoms with Gasteiger partial charge in [0.05, 0.1) is 12.5 Å². The fourth-order valence-electron chi connectivity index (χ4n) is 2.63. The summed E-state index contributed by atoms with van der Waals surface area (Å²) in [7, 11) is 0. The van der Waals surface area contributed by atoms with Crippen molar-refractivity contribution in [1.29, 1.82) is 0 Å². The van der Waals surface area contributed by atoms with Crippen LogP contribution in [0.15, 0.2) is 18.2 Å². The predicted molar refractivity (Wildman–Crippen MR) is 79.7 cm³/mol. The molecule has 0 saturated carbocycles. The Morgan fingerprint density at radius 1 is 1.38 bits per heavy atom. The summed E-state index contributed by atoms with van der Waals surface area (Å²) in [6.07, 6.45) is 1.12. The summed E-state index contributed by atoms with van der Waals surface area (Å²) in [5, 5.41) is 2.77. The van der Waals surface area contributed by atoms with Crippen LogP contribution >= 0.6 is 0 Å². The Labute approximate surface area is 124 Å². The van der Waals surface area contributed by atoms with Crippen molar-refractivity contribution in [3.05, 3.63) is 34.9 Å². The molecule has 1 aliphatic rings. The lowest BCUT2D eigenvalue weighted by molar-refractivity contribution is -0.129. The van der Waals surface area contributed by atoms with Gasteiger partial charge in [-0.25, -0.2) is 0 Å². The number of carbonyl (C=O) groups excluding carboxylic acids is 2. The highest BCUT2D eigenvalue weighted by Gasteiger charge is 2.27. The normalized spacial score (nSPS) is 19.2. The smallest absolute Gasteiger partial charge is 0.240 e. The second kappa shape index (κ2) is 6.72. The highest BCUT2D eigenvalue weighted by Crippen LogP contribution is 2.17. The van der Waals surface area contributed by atoms with Crippen molar-refractivity contribution in [2.75, 3.05) is 13.2 Å². The van der Waals surface area contributed by atoms with Crippen LogP contribution in [0.25, 0.3) is 0 Å². The third-order valence-electron chi connectivity index (χ3n) is 4.01. The van der Waals surface area contributed by atoms with Crippen LogP contribution in [0, 0.1) is 19.8 Å². The Balaban J connectivity index is 2.09. The Morgan fingerprint density at radius 2 is 2.05 bits per heavy atom. The molecule has 0 spiro atoms. The third-order valence-corrected chi connectivity index (χ3v) is 4.01. The molecule has 1 aliphatic heterocycles. The summed E-state index contributed by atoms with van der Waals surface area (Å²) in [5.41, 5.74) is 8.70. The van der Waals surface area contributed by atoms with Gasteiger partial charge in [-0.15, -0.1) is 0 Å². The minimum absolute atomic E-state index is 0.150. The van der Waals surface area contributed by atoms with E-state index in [9.17, 15) is 9.59 Å². The molecule has 0 radical (unpaired) electrons. The summed E-state index contributed by atoms with van der Waals surface area (Å²) in [5.74, 6) is -0.836. The molecule has 0 aliphatic carbocycles. The molecule has 5 heteroatoms. The van der Waals surface area contributed by atoms with Gasteiger partial charge in [0.2, 0.25) is 11.8 Å². The van der Waals surface area contributed by atoms with E-state index >= 15 is 0 Å². The highest BCUT2D eigenvalue weighted by atomic mass is 16.5. The standard InChI is InChI=1S/C16H22N2O3/c1-10-4-3-5-11(2)13(10)8-14(15(17)19)18-16(20)12-6-7-21-9-12/h3-5,12,14H,6-9H2,1-2H3,(H2,17,19)(H,18,20)/t12-,14+/m0/s1. The van der Waals surface area contributed by atoms with E-state index in [1.165, 1.54) is 0 Å². The van der Waals surface area contributed by atoms with E-state index in [2.05, 4.69) is 5.32 Å². The summed E-state index contributed by atoms with van der Waals surface area (Å²) < 4.78 is 5.20. The van der Waals surface area contributed by atoms with Crippen LogP contribution in [0.5, 0.6) is 0 Å². The van der Waals surface area contributed by atoms with Crippen molar-refractivity contribution in [3.63, 3.8) is 0 Å². The average Bonchev–Trinajstić information content (AvgIpc) is 2.95. The first-order valence-electron chi connectivity index (χ1n) is 7.21. The number of primary amides is 1. The van der Waals surface area contributed by atoms with Crippen molar-refractivity contribution < 1.29 is 14.3 Å². The highest BCUT2D eigenvalue weighted by molar-refractivity contribution is 5.88. The van der Waals surface area contributed by atoms with Crippen LogP contribution in [0.2, 0.25) is 0 Å². The number of carbonyl (C=O) groups is 2. The van der Waals surface area contributed by atoms with Crippen LogP contribution in [-0.2, 0) is 20.7 Å². The van der Waals surface area contributed by atoms with Gasteiger partial charge in [-0.1, -0.05) is 18.2 Å². The SMILES string of the molecule is Cc1cccc(C)c1C[C@@H](NC(=O)[C@H]1CCOC1)C(N)=O. The maximum atomic E-state index is 12.1. The first-order chi connectivity index (χ1) is 9.99. The molecular formula is C16H22N2O3. The number of benzene rings is 1. The monoisotopic (exact) mass is 290 g/mol. The Kier molecular flexibility index (Phi) is 4.96. The number of rotatable bonds is 5. The summed E-state index contributed by atoms with van der Waals surface area (Å²) >= 11 is 0. The average molecular weight is 290 g/mol. The molecule has 5 nitrogen and oxygen atoms in total. The zero-order chi connectivity index (χ0) is 15.4. The molecule has 0 aromatic heterocycles. The van der Waals surface area contributed by atoms with E-state index in [4.69, 9.17) is 10.5 Å². The Morgan fingerprint density at radius 3 is 2.57 bits per heavy atom. The van der Waals surface area contributed by atoms with Crippen LogP contribution < -0.4 is 11.1 Å². The molecule has 114 valence electrons. The molecule has 1 aromatic carbocycles. The number of hydrogen-bond donors (Lipinski definition) is 2. The molecule has 1 saturated heterocycles. The van der Waals surface area contributed by atoms with Gasteiger partial charge in [-0.05, 0) is 37.0 Å². The Hall–Kier alpha value is -1.88. The van der Waals surface area contributed by atoms with Crippen molar-refractivity contribution in [2.45, 2.75) is 32.7 Å². The topological polar surface area (TPSA) is 81.4 Å². The van der Waals surface area contributed by atoms with E-state index in [-0.39, 0.29) is 11.8 Å². The molecule has 1 aromatic rings. The summed E-state index contributed by atoms with van der Waals surface area (Å²) in [6.45, 7) is 5.00. The quantitative estimate of drug-likeness (QED) is 0.843. The van der Waals surface area contributed by atoms with E-state index in [0.717, 1.165) is 16.7 Å². The Bertz CT molecular complexity index is 516. The second-order valence-electron chi connectivity index (χ2n) is 5.60. The number of amides is 2. The second-order valence-corrected chi connectivity index (χ2v) is 5.60. The lowest BCUT2D eigenvalue weighted by Crippen LogP contribution is -2.48. The number of ether oxygens (including phenoxy) is 1. The van der Waals surface area contributed by atoms with Crippen molar-refractivity contribution in [2.24, 2.45) is 11.7 Å². The molecule has 0 bridgehead atoms. The van der Waals surface area contributed by atoms with E-state index in [1.54, 1.807) is 0 Å². The number of nitrogens with one attached hydrogen (secondary N) is 1. The fourth-order valence-corrected chi connectivity index (χ4v) is 2.63. The fraction of sp³-hybridized carbons (Fsp3) is 0.500. The number of aryl methyl sites for hydroxylation is 2. The minimum Gasteiger partial charge on any atom is -0.381 e. The van der Waals surface area contributed by atoms with Crippen LogP contribution in [0.3, 0.4) is 0 Å². The van der Waals surface area contributed by atoms with Crippen molar-refractivity contribution >= 4 is 11.8 Å². The third kappa shape index (κ3) is 3.82. The first kappa shape index (κ1) is 15.5. The molecule has 2 amide bonds. The lowest BCUT2D eigenvalue weighted by Gasteiger charge is -2.19. The molecular weight excluding hydrogens is 268 g/mol. The molecule has 2 atom stereocenters. The minimum atomic E-state index is -0.683. The van der Waals surface area contributed by atoms with Crippen LogP contribution in [-0.4, -0.2) is 31.1 Å². The predicted octanol–water partition coefficient (Wildman–Crippen LogP) is 0.853. The van der Waals surface area contributed by atoms with Gasteiger partial charge in [-0.3, -0.25) is 9.59 Å². The van der Waals surface area contributed by atoms with Crippen molar-refractivity contribution in [3.8, 4) is 0 Å². The van der Waals surface area contributed by atoms with Gasteiger partial charge in [0, 0.05) is 13.0 Å². The lowest BCUT2D eigenvalue weighted by atomic mass is 9.95. The molecule has 3 N–H and O–H groups in total. The maximum absolute atomic E-state index is 12.1. The van der Waals surface area contributed by atoms with Gasteiger partial charge in [0.15, 0.2) is 0 Å². The molecule has 1 heterocycles. The molecule has 2 rings (SSSR count). The van der Waals surface area contributed by atoms with E-state index < -0.39 is 11.9 Å². The zero-order valence-corrected chi connectivity index (χ0v) is 12.5. The zero-order valence-electron chi connectivity index (χ0n) is 12.5.